The first kappa shape index (κ1) is 19.4. The van der Waals surface area contributed by atoms with Crippen LogP contribution < -0.4 is 0 Å². The minimum absolute atomic E-state index is 0.105. The number of amides is 1. The van der Waals surface area contributed by atoms with E-state index >= 15 is 0 Å². The molecule has 8 heteroatoms. The lowest BCUT2D eigenvalue weighted by Crippen LogP contribution is -2.35. The zero-order valence-corrected chi connectivity index (χ0v) is 17.0. The molecule has 0 aliphatic carbocycles. The number of carbonyl (C=O) groups is 1. The van der Waals surface area contributed by atoms with Crippen LogP contribution in [0.2, 0.25) is 0 Å². The molecule has 2 aromatic carbocycles. The van der Waals surface area contributed by atoms with Crippen LogP contribution in [0.5, 0.6) is 0 Å². The van der Waals surface area contributed by atoms with Gasteiger partial charge in [0.15, 0.2) is 17.5 Å². The minimum Gasteiger partial charge on any atom is -0.360 e. The molecule has 1 N–H and O–H groups in total. The van der Waals surface area contributed by atoms with Gasteiger partial charge in [-0.05, 0) is 37.1 Å². The molecule has 2 aromatic heterocycles. The summed E-state index contributed by atoms with van der Waals surface area (Å²) in [4.78, 5) is 18.1. The van der Waals surface area contributed by atoms with Crippen molar-refractivity contribution < 1.29 is 18.0 Å². The molecule has 0 fully saturated rings. The van der Waals surface area contributed by atoms with Crippen LogP contribution in [-0.4, -0.2) is 32.1 Å². The quantitative estimate of drug-likeness (QED) is 0.482. The fourth-order valence-corrected chi connectivity index (χ4v) is 4.33. The Morgan fingerprint density at radius 3 is 2.61 bits per heavy atom. The van der Waals surface area contributed by atoms with E-state index < -0.39 is 17.5 Å². The van der Waals surface area contributed by atoms with Crippen molar-refractivity contribution in [2.24, 2.45) is 7.05 Å². The first-order valence-corrected chi connectivity index (χ1v) is 9.90. The van der Waals surface area contributed by atoms with E-state index in [0.29, 0.717) is 29.9 Å². The van der Waals surface area contributed by atoms with Gasteiger partial charge in [0.25, 0.3) is 5.91 Å². The van der Waals surface area contributed by atoms with Crippen molar-refractivity contribution in [2.45, 2.75) is 19.9 Å². The van der Waals surface area contributed by atoms with Crippen molar-refractivity contribution in [3.05, 3.63) is 76.4 Å². The normalized spacial score (nSPS) is 13.6. The van der Waals surface area contributed by atoms with Crippen LogP contribution in [0.3, 0.4) is 0 Å². The highest BCUT2D eigenvalue weighted by Crippen LogP contribution is 2.32. The maximum absolute atomic E-state index is 13.8. The molecule has 0 bridgehead atoms. The third kappa shape index (κ3) is 3.10. The highest BCUT2D eigenvalue weighted by Gasteiger charge is 2.29. The molecular formula is C23H19F3N4O. The minimum atomic E-state index is -1.49. The van der Waals surface area contributed by atoms with Crippen LogP contribution in [0.1, 0.15) is 27.2 Å². The van der Waals surface area contributed by atoms with Gasteiger partial charge in [0.2, 0.25) is 0 Å². The summed E-state index contributed by atoms with van der Waals surface area (Å²) in [6, 6.07) is 7.84. The molecule has 158 valence electrons. The second kappa shape index (κ2) is 7.01. The van der Waals surface area contributed by atoms with Gasteiger partial charge in [0.05, 0.1) is 23.5 Å². The van der Waals surface area contributed by atoms with Gasteiger partial charge in [0, 0.05) is 41.8 Å². The van der Waals surface area contributed by atoms with Crippen molar-refractivity contribution in [3.63, 3.8) is 0 Å². The van der Waals surface area contributed by atoms with Crippen LogP contribution in [0.4, 0.5) is 13.2 Å². The molecule has 5 rings (SSSR count). The van der Waals surface area contributed by atoms with Gasteiger partial charge >= 0.3 is 0 Å². The second-order valence-electron chi connectivity index (χ2n) is 7.88. The summed E-state index contributed by atoms with van der Waals surface area (Å²) in [6.07, 6.45) is 2.20. The standard InChI is InChI=1S/C23H19F3N4O/c1-12-3-4-14-16(10-27-19(14)7-12)23(31)30-6-5-15-20(11-30)28-29(2)22(15)13-8-17(24)21(26)18(25)9-13/h3-4,7-10,27H,5-6,11H2,1-2H3. The Morgan fingerprint density at radius 2 is 1.87 bits per heavy atom. The maximum atomic E-state index is 13.8. The number of benzene rings is 2. The smallest absolute Gasteiger partial charge is 0.256 e. The summed E-state index contributed by atoms with van der Waals surface area (Å²) in [6.45, 7) is 2.72. The van der Waals surface area contributed by atoms with E-state index in [1.54, 1.807) is 18.1 Å². The Labute approximate surface area is 176 Å². The zero-order valence-electron chi connectivity index (χ0n) is 17.0. The number of nitrogens with one attached hydrogen (secondary N) is 1. The summed E-state index contributed by atoms with van der Waals surface area (Å²) >= 11 is 0. The molecule has 0 saturated carbocycles. The van der Waals surface area contributed by atoms with E-state index in [0.717, 1.165) is 34.2 Å². The molecular weight excluding hydrogens is 405 g/mol. The van der Waals surface area contributed by atoms with Crippen molar-refractivity contribution in [1.82, 2.24) is 19.7 Å². The third-order valence-corrected chi connectivity index (χ3v) is 5.81. The summed E-state index contributed by atoms with van der Waals surface area (Å²) in [7, 11) is 1.67. The highest BCUT2D eigenvalue weighted by molar-refractivity contribution is 6.06. The van der Waals surface area contributed by atoms with Crippen molar-refractivity contribution >= 4 is 16.8 Å². The van der Waals surface area contributed by atoms with Crippen LogP contribution in [-0.2, 0) is 20.0 Å². The van der Waals surface area contributed by atoms with E-state index in [1.807, 2.05) is 25.1 Å². The number of fused-ring (bicyclic) bond motifs is 2. The lowest BCUT2D eigenvalue weighted by atomic mass is 9.99. The van der Waals surface area contributed by atoms with Gasteiger partial charge in [0.1, 0.15) is 0 Å². The molecule has 0 saturated heterocycles. The van der Waals surface area contributed by atoms with E-state index in [1.165, 1.54) is 4.68 Å². The monoisotopic (exact) mass is 424 g/mol. The van der Waals surface area contributed by atoms with E-state index in [4.69, 9.17) is 0 Å². The third-order valence-electron chi connectivity index (χ3n) is 5.81. The summed E-state index contributed by atoms with van der Waals surface area (Å²) in [5.74, 6) is -4.09. The number of nitrogens with zero attached hydrogens (tertiary/aromatic N) is 3. The number of rotatable bonds is 2. The van der Waals surface area contributed by atoms with Gasteiger partial charge < -0.3 is 9.88 Å². The molecule has 0 radical (unpaired) electrons. The Morgan fingerprint density at radius 1 is 1.13 bits per heavy atom. The molecule has 0 unspecified atom stereocenters. The van der Waals surface area contributed by atoms with Crippen molar-refractivity contribution in [1.29, 1.82) is 0 Å². The van der Waals surface area contributed by atoms with Gasteiger partial charge in [-0.3, -0.25) is 9.48 Å². The predicted molar refractivity (Wildman–Crippen MR) is 110 cm³/mol. The number of H-pyrrole nitrogens is 1. The fraction of sp³-hybridized carbons (Fsp3) is 0.217. The van der Waals surface area contributed by atoms with Gasteiger partial charge in [-0.25, -0.2) is 13.2 Å². The highest BCUT2D eigenvalue weighted by atomic mass is 19.2. The summed E-state index contributed by atoms with van der Waals surface area (Å²) < 4.78 is 42.5. The number of hydrogen-bond acceptors (Lipinski definition) is 2. The Hall–Kier alpha value is -3.55. The molecule has 1 aliphatic heterocycles. The topological polar surface area (TPSA) is 53.9 Å². The second-order valence-corrected chi connectivity index (χ2v) is 7.88. The Bertz CT molecular complexity index is 1330. The number of aromatic amines is 1. The van der Waals surface area contributed by atoms with E-state index in [-0.39, 0.29) is 18.0 Å². The van der Waals surface area contributed by atoms with Crippen LogP contribution in [0.25, 0.3) is 22.2 Å². The number of aromatic nitrogens is 3. The predicted octanol–water partition coefficient (Wildman–Crippen LogP) is 4.49. The Balaban J connectivity index is 1.48. The molecule has 3 heterocycles. The fourth-order valence-electron chi connectivity index (χ4n) is 4.33. The van der Waals surface area contributed by atoms with E-state index in [2.05, 4.69) is 10.1 Å². The summed E-state index contributed by atoms with van der Waals surface area (Å²) in [5.41, 5.74) is 4.83. The van der Waals surface area contributed by atoms with Gasteiger partial charge in [-0.15, -0.1) is 0 Å². The van der Waals surface area contributed by atoms with Crippen LogP contribution in [0, 0.1) is 24.4 Å². The Kier molecular flexibility index (Phi) is 4.39. The first-order chi connectivity index (χ1) is 14.8. The average Bonchev–Trinajstić information content (AvgIpc) is 3.30. The van der Waals surface area contributed by atoms with Crippen LogP contribution in [0.15, 0.2) is 36.5 Å². The number of aryl methyl sites for hydroxylation is 2. The molecule has 5 nitrogen and oxygen atoms in total. The molecule has 31 heavy (non-hydrogen) atoms. The van der Waals surface area contributed by atoms with E-state index in [9.17, 15) is 18.0 Å². The number of hydrogen-bond donors (Lipinski definition) is 1. The zero-order chi connectivity index (χ0) is 21.9. The molecule has 0 atom stereocenters. The van der Waals surface area contributed by atoms with Gasteiger partial charge in [-0.1, -0.05) is 12.1 Å². The largest absolute Gasteiger partial charge is 0.360 e. The van der Waals surface area contributed by atoms with Crippen molar-refractivity contribution in [3.8, 4) is 11.3 Å². The van der Waals surface area contributed by atoms with Crippen LogP contribution >= 0.6 is 0 Å². The number of halogens is 3. The van der Waals surface area contributed by atoms with Gasteiger partial charge in [-0.2, -0.15) is 5.10 Å². The molecule has 4 aromatic rings. The first-order valence-electron chi connectivity index (χ1n) is 9.90. The maximum Gasteiger partial charge on any atom is 0.256 e. The lowest BCUT2D eigenvalue weighted by molar-refractivity contribution is 0.0734. The average molecular weight is 424 g/mol. The molecule has 1 aliphatic rings. The van der Waals surface area contributed by atoms with Crippen molar-refractivity contribution in [2.75, 3.05) is 6.54 Å². The molecule has 0 spiro atoms. The molecule has 1 amide bonds. The summed E-state index contributed by atoms with van der Waals surface area (Å²) in [5, 5.41) is 5.33. The SMILES string of the molecule is Cc1ccc2c(C(=O)N3CCc4c(nn(C)c4-c4cc(F)c(F)c(F)c4)C3)c[nH]c2c1. The number of carbonyl (C=O) groups excluding carboxylic acids is 1. The lowest BCUT2D eigenvalue weighted by Gasteiger charge is -2.26.